The van der Waals surface area contributed by atoms with Crippen LogP contribution in [0.25, 0.3) is 44.8 Å². The molecule has 33 heavy (non-hydrogen) atoms. The largest absolute Gasteiger partial charge is 0.358 e. The van der Waals surface area contributed by atoms with Crippen molar-refractivity contribution < 1.29 is 0 Å². The van der Waals surface area contributed by atoms with Crippen LogP contribution in [0.15, 0.2) is 61.3 Å². The highest BCUT2D eigenvalue weighted by molar-refractivity contribution is 5.93. The fourth-order valence-corrected chi connectivity index (χ4v) is 4.61. The maximum absolute atomic E-state index is 4.60. The van der Waals surface area contributed by atoms with Crippen LogP contribution in [0.4, 0.5) is 5.69 Å². The first-order valence-electron chi connectivity index (χ1n) is 11.3. The second-order valence-corrected chi connectivity index (χ2v) is 8.60. The van der Waals surface area contributed by atoms with Crippen LogP contribution < -0.4 is 5.32 Å². The fraction of sp³-hybridized carbons (Fsp3) is 0.240. The first kappa shape index (κ1) is 19.6. The molecule has 1 aliphatic carbocycles. The SMILES string of the molecule is C=C(Nc1cncc(-c2cnc3n[nH]c(-c4nc5ncccc5[nH]4)c3c2)c1)C1CCCCC1. The van der Waals surface area contributed by atoms with E-state index in [0.29, 0.717) is 23.0 Å². The molecule has 5 aromatic rings. The number of nitrogens with one attached hydrogen (secondary N) is 3. The molecule has 0 unspecified atom stereocenters. The van der Waals surface area contributed by atoms with Crippen molar-refractivity contribution in [2.24, 2.45) is 5.92 Å². The summed E-state index contributed by atoms with van der Waals surface area (Å²) in [6.07, 6.45) is 13.6. The summed E-state index contributed by atoms with van der Waals surface area (Å²) in [4.78, 5) is 21.2. The van der Waals surface area contributed by atoms with Gasteiger partial charge in [-0.05, 0) is 43.0 Å². The number of fused-ring (bicyclic) bond motifs is 2. The van der Waals surface area contributed by atoms with Gasteiger partial charge in [-0.15, -0.1) is 0 Å². The van der Waals surface area contributed by atoms with Crippen LogP contribution in [0.3, 0.4) is 0 Å². The van der Waals surface area contributed by atoms with E-state index < -0.39 is 0 Å². The number of allylic oxidation sites excluding steroid dienone is 1. The van der Waals surface area contributed by atoms with Crippen LogP contribution in [0.5, 0.6) is 0 Å². The summed E-state index contributed by atoms with van der Waals surface area (Å²) in [5.74, 6) is 1.22. The second-order valence-electron chi connectivity index (χ2n) is 8.60. The lowest BCUT2D eigenvalue weighted by molar-refractivity contribution is 0.405. The van der Waals surface area contributed by atoms with Crippen LogP contribution in [-0.4, -0.2) is 35.1 Å². The van der Waals surface area contributed by atoms with Gasteiger partial charge >= 0.3 is 0 Å². The van der Waals surface area contributed by atoms with Gasteiger partial charge in [0.1, 0.15) is 5.69 Å². The number of aromatic amines is 2. The minimum absolute atomic E-state index is 0.534. The molecule has 0 bridgehead atoms. The normalized spacial score (nSPS) is 14.7. The van der Waals surface area contributed by atoms with Crippen molar-refractivity contribution in [1.82, 2.24) is 35.1 Å². The van der Waals surface area contributed by atoms with Crippen molar-refractivity contribution in [3.05, 3.63) is 61.3 Å². The van der Waals surface area contributed by atoms with Gasteiger partial charge < -0.3 is 10.3 Å². The van der Waals surface area contributed by atoms with E-state index in [-0.39, 0.29) is 0 Å². The Labute approximate surface area is 190 Å². The maximum atomic E-state index is 4.60. The number of rotatable bonds is 5. The van der Waals surface area contributed by atoms with E-state index >= 15 is 0 Å². The molecular formula is C25H24N8. The second kappa shape index (κ2) is 8.12. The zero-order valence-electron chi connectivity index (χ0n) is 18.2. The highest BCUT2D eigenvalue weighted by atomic mass is 15.2. The lowest BCUT2D eigenvalue weighted by atomic mass is 9.87. The maximum Gasteiger partial charge on any atom is 0.181 e. The molecule has 0 saturated heterocycles. The number of anilines is 1. The molecular weight excluding hydrogens is 412 g/mol. The van der Waals surface area contributed by atoms with Crippen molar-refractivity contribution >= 4 is 27.9 Å². The third kappa shape index (κ3) is 3.73. The third-order valence-corrected chi connectivity index (χ3v) is 6.38. The Morgan fingerprint density at radius 3 is 2.76 bits per heavy atom. The van der Waals surface area contributed by atoms with Gasteiger partial charge in [0.2, 0.25) is 0 Å². The van der Waals surface area contributed by atoms with Crippen molar-refractivity contribution in [1.29, 1.82) is 0 Å². The zero-order chi connectivity index (χ0) is 22.2. The van der Waals surface area contributed by atoms with E-state index in [1.807, 2.05) is 30.7 Å². The van der Waals surface area contributed by atoms with Crippen molar-refractivity contribution in [2.45, 2.75) is 32.1 Å². The predicted octanol–water partition coefficient (Wildman–Crippen LogP) is 5.46. The molecule has 6 rings (SSSR count). The number of pyridine rings is 3. The van der Waals surface area contributed by atoms with E-state index in [0.717, 1.165) is 39.1 Å². The Morgan fingerprint density at radius 2 is 1.88 bits per heavy atom. The third-order valence-electron chi connectivity index (χ3n) is 6.38. The van der Waals surface area contributed by atoms with E-state index in [2.05, 4.69) is 59.1 Å². The molecule has 0 aromatic carbocycles. The Balaban J connectivity index is 1.32. The van der Waals surface area contributed by atoms with Crippen LogP contribution >= 0.6 is 0 Å². The summed E-state index contributed by atoms with van der Waals surface area (Å²) in [6.45, 7) is 4.29. The molecule has 3 N–H and O–H groups in total. The molecule has 1 saturated carbocycles. The highest BCUT2D eigenvalue weighted by Crippen LogP contribution is 2.32. The smallest absolute Gasteiger partial charge is 0.181 e. The molecule has 164 valence electrons. The van der Waals surface area contributed by atoms with Gasteiger partial charge in [0, 0.05) is 35.4 Å². The molecule has 1 fully saturated rings. The van der Waals surface area contributed by atoms with Gasteiger partial charge in [-0.2, -0.15) is 5.10 Å². The molecule has 0 aliphatic heterocycles. The van der Waals surface area contributed by atoms with Gasteiger partial charge in [0.25, 0.3) is 0 Å². The molecule has 1 aliphatic rings. The molecule has 5 heterocycles. The average molecular weight is 437 g/mol. The number of aromatic nitrogens is 7. The number of nitrogens with zero attached hydrogens (tertiary/aromatic N) is 5. The summed E-state index contributed by atoms with van der Waals surface area (Å²) >= 11 is 0. The average Bonchev–Trinajstić information content (AvgIpc) is 3.48. The van der Waals surface area contributed by atoms with Gasteiger partial charge in [0.05, 0.1) is 22.8 Å². The monoisotopic (exact) mass is 436 g/mol. The molecule has 0 spiro atoms. The van der Waals surface area contributed by atoms with Gasteiger partial charge in [-0.25, -0.2) is 15.0 Å². The Kier molecular flexibility index (Phi) is 4.83. The molecule has 5 aromatic heterocycles. The van der Waals surface area contributed by atoms with Crippen molar-refractivity contribution in [2.75, 3.05) is 5.32 Å². The molecule has 8 nitrogen and oxygen atoms in total. The van der Waals surface area contributed by atoms with E-state index in [1.165, 1.54) is 32.1 Å². The molecule has 0 radical (unpaired) electrons. The summed E-state index contributed by atoms with van der Waals surface area (Å²) in [6, 6.07) is 7.99. The predicted molar refractivity (Wildman–Crippen MR) is 129 cm³/mol. The highest BCUT2D eigenvalue weighted by Gasteiger charge is 2.17. The molecule has 0 atom stereocenters. The number of hydrogen-bond acceptors (Lipinski definition) is 6. The van der Waals surface area contributed by atoms with E-state index in [9.17, 15) is 0 Å². The van der Waals surface area contributed by atoms with Crippen LogP contribution in [-0.2, 0) is 0 Å². The Morgan fingerprint density at radius 1 is 1.00 bits per heavy atom. The van der Waals surface area contributed by atoms with Crippen molar-refractivity contribution in [3.8, 4) is 22.6 Å². The number of imidazole rings is 1. The topological polar surface area (TPSA) is 108 Å². The summed E-state index contributed by atoms with van der Waals surface area (Å²) in [5.41, 5.74) is 6.92. The first-order valence-corrected chi connectivity index (χ1v) is 11.3. The lowest BCUT2D eigenvalue weighted by Gasteiger charge is -2.24. The minimum atomic E-state index is 0.534. The van der Waals surface area contributed by atoms with E-state index in [1.54, 1.807) is 6.20 Å². The molecule has 8 heteroatoms. The van der Waals surface area contributed by atoms with Gasteiger partial charge in [-0.3, -0.25) is 10.1 Å². The van der Waals surface area contributed by atoms with Crippen molar-refractivity contribution in [3.63, 3.8) is 0 Å². The minimum Gasteiger partial charge on any atom is -0.358 e. The fourth-order valence-electron chi connectivity index (χ4n) is 4.61. The summed E-state index contributed by atoms with van der Waals surface area (Å²) in [7, 11) is 0. The van der Waals surface area contributed by atoms with Crippen LogP contribution in [0, 0.1) is 5.92 Å². The van der Waals surface area contributed by atoms with E-state index in [4.69, 9.17) is 0 Å². The first-order chi connectivity index (χ1) is 16.2. The summed E-state index contributed by atoms with van der Waals surface area (Å²) < 4.78 is 0. The van der Waals surface area contributed by atoms with Crippen LogP contribution in [0.1, 0.15) is 32.1 Å². The number of hydrogen-bond donors (Lipinski definition) is 3. The molecule has 0 amide bonds. The Hall–Kier alpha value is -4.07. The zero-order valence-corrected chi connectivity index (χ0v) is 18.2. The van der Waals surface area contributed by atoms with Crippen LogP contribution in [0.2, 0.25) is 0 Å². The quantitative estimate of drug-likeness (QED) is 0.337. The Bertz CT molecular complexity index is 1420. The van der Waals surface area contributed by atoms with Gasteiger partial charge in [-0.1, -0.05) is 25.8 Å². The summed E-state index contributed by atoms with van der Waals surface area (Å²) in [5, 5.41) is 11.8. The number of H-pyrrole nitrogens is 2. The van der Waals surface area contributed by atoms with Gasteiger partial charge in [0.15, 0.2) is 17.1 Å². The standard InChI is InChI=1S/C25H24N8/c1-15(16-6-3-2-4-7-16)29-19-10-17(12-26-14-19)18-11-20-22(32-33-23(20)28-13-18)25-30-21-8-5-9-27-24(21)31-25/h5,8-14,16,29H,1-4,6-7H2,(H,27,30,31)(H,28,32,33). The lowest BCUT2D eigenvalue weighted by Crippen LogP contribution is -2.14.